The second-order valence-electron chi connectivity index (χ2n) is 5.38. The van der Waals surface area contributed by atoms with Crippen molar-refractivity contribution >= 4 is 11.9 Å². The largest absolute Gasteiger partial charge is 0.494 e. The second kappa shape index (κ2) is 9.32. The third-order valence-corrected chi connectivity index (χ3v) is 3.61. The predicted molar refractivity (Wildman–Crippen MR) is 99.6 cm³/mol. The van der Waals surface area contributed by atoms with E-state index in [2.05, 4.69) is 15.6 Å². The monoisotopic (exact) mass is 340 g/mol. The molecule has 0 aliphatic rings. The summed E-state index contributed by atoms with van der Waals surface area (Å²) >= 11 is 0. The fourth-order valence-electron chi connectivity index (χ4n) is 2.37. The first-order chi connectivity index (χ1) is 12.1. The van der Waals surface area contributed by atoms with Crippen molar-refractivity contribution in [3.05, 3.63) is 65.2 Å². The zero-order valence-electron chi connectivity index (χ0n) is 14.6. The number of rotatable bonds is 7. The number of para-hydroxylation sites is 1. The van der Waals surface area contributed by atoms with E-state index in [1.165, 1.54) is 0 Å². The van der Waals surface area contributed by atoms with Gasteiger partial charge in [-0.2, -0.15) is 0 Å². The number of nitrogens with zero attached hydrogens (tertiary/aromatic N) is 1. The van der Waals surface area contributed by atoms with Gasteiger partial charge in [-0.25, -0.2) is 0 Å². The Hall–Kier alpha value is -3.02. The molecule has 6 heteroatoms. The van der Waals surface area contributed by atoms with Gasteiger partial charge in [0, 0.05) is 31.3 Å². The molecule has 6 nitrogen and oxygen atoms in total. The van der Waals surface area contributed by atoms with Crippen molar-refractivity contribution in [2.75, 3.05) is 13.7 Å². The highest BCUT2D eigenvalue weighted by Crippen LogP contribution is 2.17. The number of ether oxygens (including phenoxy) is 1. The van der Waals surface area contributed by atoms with Gasteiger partial charge in [-0.1, -0.05) is 30.3 Å². The first kappa shape index (κ1) is 18.3. The molecule has 2 aromatic carbocycles. The number of carbonyl (C=O) groups excluding carboxylic acids is 1. The second-order valence-corrected chi connectivity index (χ2v) is 5.38. The molecule has 25 heavy (non-hydrogen) atoms. The van der Waals surface area contributed by atoms with E-state index in [4.69, 9.17) is 10.5 Å². The Morgan fingerprint density at radius 2 is 1.88 bits per heavy atom. The van der Waals surface area contributed by atoms with E-state index in [-0.39, 0.29) is 0 Å². The van der Waals surface area contributed by atoms with Crippen LogP contribution in [0.15, 0.2) is 53.5 Å². The van der Waals surface area contributed by atoms with Crippen LogP contribution in [0.4, 0.5) is 0 Å². The molecule has 0 bridgehead atoms. The van der Waals surface area contributed by atoms with Crippen molar-refractivity contribution in [3.63, 3.8) is 0 Å². The number of benzene rings is 2. The summed E-state index contributed by atoms with van der Waals surface area (Å²) in [5.74, 6) is 1.09. The quantitative estimate of drug-likeness (QED) is 0.532. The van der Waals surface area contributed by atoms with Gasteiger partial charge >= 0.3 is 0 Å². The molecule has 0 atom stereocenters. The van der Waals surface area contributed by atoms with Crippen LogP contribution >= 0.6 is 0 Å². The molecule has 1 amide bonds. The van der Waals surface area contributed by atoms with Crippen LogP contribution in [0.5, 0.6) is 5.75 Å². The minimum absolute atomic E-state index is 0.433. The van der Waals surface area contributed by atoms with Gasteiger partial charge in [0.2, 0.25) is 5.91 Å². The van der Waals surface area contributed by atoms with E-state index in [9.17, 15) is 4.79 Å². The molecule has 2 aromatic rings. The summed E-state index contributed by atoms with van der Waals surface area (Å²) in [5, 5.41) is 6.48. The molecule has 0 aliphatic heterocycles. The number of aliphatic imine (C=N–C) groups is 1. The summed E-state index contributed by atoms with van der Waals surface area (Å²) in [7, 11) is 1.71. The van der Waals surface area contributed by atoms with E-state index in [0.29, 0.717) is 31.2 Å². The van der Waals surface area contributed by atoms with Crippen LogP contribution in [0.25, 0.3) is 0 Å². The molecular formula is C19H24N4O2. The number of hydrogen-bond acceptors (Lipinski definition) is 3. The average Bonchev–Trinajstić information content (AvgIpc) is 2.63. The van der Waals surface area contributed by atoms with Gasteiger partial charge in [0.1, 0.15) is 5.75 Å². The van der Waals surface area contributed by atoms with Crippen molar-refractivity contribution in [2.45, 2.75) is 20.0 Å². The zero-order valence-corrected chi connectivity index (χ0v) is 14.6. The van der Waals surface area contributed by atoms with Crippen LogP contribution in [0, 0.1) is 0 Å². The summed E-state index contributed by atoms with van der Waals surface area (Å²) < 4.78 is 5.62. The lowest BCUT2D eigenvalue weighted by Crippen LogP contribution is -2.36. The van der Waals surface area contributed by atoms with Crippen LogP contribution in [-0.4, -0.2) is 25.5 Å². The first-order valence-corrected chi connectivity index (χ1v) is 8.18. The van der Waals surface area contributed by atoms with Gasteiger partial charge in [0.15, 0.2) is 5.96 Å². The predicted octanol–water partition coefficient (Wildman–Crippen LogP) is 2.05. The molecular weight excluding hydrogens is 316 g/mol. The number of hydrogen-bond donors (Lipinski definition) is 3. The van der Waals surface area contributed by atoms with Crippen LogP contribution in [0.1, 0.15) is 28.4 Å². The zero-order chi connectivity index (χ0) is 18.1. The number of primary amides is 1. The van der Waals surface area contributed by atoms with E-state index in [1.807, 2.05) is 43.3 Å². The van der Waals surface area contributed by atoms with Crippen LogP contribution in [-0.2, 0) is 13.1 Å². The molecule has 0 heterocycles. The maximum absolute atomic E-state index is 11.2. The molecule has 0 unspecified atom stereocenters. The average molecular weight is 340 g/mol. The molecule has 0 fully saturated rings. The highest BCUT2D eigenvalue weighted by atomic mass is 16.5. The third kappa shape index (κ3) is 5.53. The number of carbonyl (C=O) groups is 1. The van der Waals surface area contributed by atoms with E-state index >= 15 is 0 Å². The lowest BCUT2D eigenvalue weighted by Gasteiger charge is -2.14. The number of guanidine groups is 1. The normalized spacial score (nSPS) is 11.0. The maximum Gasteiger partial charge on any atom is 0.248 e. The maximum atomic E-state index is 11.2. The summed E-state index contributed by atoms with van der Waals surface area (Å²) in [4.78, 5) is 15.5. The van der Waals surface area contributed by atoms with Gasteiger partial charge in [0.05, 0.1) is 6.61 Å². The van der Waals surface area contributed by atoms with Crippen molar-refractivity contribution in [1.29, 1.82) is 0 Å². The Balaban J connectivity index is 1.93. The third-order valence-electron chi connectivity index (χ3n) is 3.61. The van der Waals surface area contributed by atoms with Crippen molar-refractivity contribution in [2.24, 2.45) is 10.7 Å². The van der Waals surface area contributed by atoms with Crippen molar-refractivity contribution in [1.82, 2.24) is 10.6 Å². The highest BCUT2D eigenvalue weighted by molar-refractivity contribution is 5.92. The molecule has 0 spiro atoms. The Morgan fingerprint density at radius 1 is 1.12 bits per heavy atom. The minimum Gasteiger partial charge on any atom is -0.494 e. The molecule has 132 valence electrons. The minimum atomic E-state index is -0.433. The molecule has 2 rings (SSSR count). The fraction of sp³-hybridized carbons (Fsp3) is 0.263. The highest BCUT2D eigenvalue weighted by Gasteiger charge is 2.05. The number of amides is 1. The number of nitrogens with two attached hydrogens (primary N) is 1. The Bertz CT molecular complexity index is 744. The molecule has 0 aromatic heterocycles. The van der Waals surface area contributed by atoms with Crippen LogP contribution < -0.4 is 21.1 Å². The fourth-order valence-corrected chi connectivity index (χ4v) is 2.37. The SMILES string of the molecule is CCOc1ccccc1CNC(=NC)NCc1cccc(C(N)=O)c1. The van der Waals surface area contributed by atoms with E-state index in [1.54, 1.807) is 19.2 Å². The summed E-state index contributed by atoms with van der Waals surface area (Å²) in [6, 6.07) is 15.1. The first-order valence-electron chi connectivity index (χ1n) is 8.18. The van der Waals surface area contributed by atoms with Gasteiger partial charge in [-0.05, 0) is 30.7 Å². The van der Waals surface area contributed by atoms with Gasteiger partial charge in [0.25, 0.3) is 0 Å². The summed E-state index contributed by atoms with van der Waals surface area (Å²) in [6.07, 6.45) is 0. The van der Waals surface area contributed by atoms with Crippen LogP contribution in [0.2, 0.25) is 0 Å². The lowest BCUT2D eigenvalue weighted by atomic mass is 10.1. The smallest absolute Gasteiger partial charge is 0.248 e. The Labute approximate surface area is 148 Å². The van der Waals surface area contributed by atoms with E-state index in [0.717, 1.165) is 16.9 Å². The van der Waals surface area contributed by atoms with Gasteiger partial charge in [-0.15, -0.1) is 0 Å². The molecule has 0 saturated carbocycles. The van der Waals surface area contributed by atoms with Gasteiger partial charge < -0.3 is 21.1 Å². The van der Waals surface area contributed by atoms with Crippen LogP contribution in [0.3, 0.4) is 0 Å². The summed E-state index contributed by atoms with van der Waals surface area (Å²) in [6.45, 7) is 3.72. The molecule has 4 N–H and O–H groups in total. The molecule has 0 aliphatic carbocycles. The standard InChI is InChI=1S/C19H24N4O2/c1-3-25-17-10-5-4-8-16(17)13-23-19(21-2)22-12-14-7-6-9-15(11-14)18(20)24/h4-11H,3,12-13H2,1-2H3,(H2,20,24)(H2,21,22,23). The van der Waals surface area contributed by atoms with Crippen molar-refractivity contribution in [3.8, 4) is 5.75 Å². The Morgan fingerprint density at radius 3 is 2.60 bits per heavy atom. The van der Waals surface area contributed by atoms with Gasteiger partial charge in [-0.3, -0.25) is 9.79 Å². The molecule has 0 radical (unpaired) electrons. The Kier molecular flexibility index (Phi) is 6.83. The lowest BCUT2D eigenvalue weighted by molar-refractivity contribution is 0.1000. The number of nitrogens with one attached hydrogen (secondary N) is 2. The van der Waals surface area contributed by atoms with Crippen molar-refractivity contribution < 1.29 is 9.53 Å². The summed E-state index contributed by atoms with van der Waals surface area (Å²) in [5.41, 5.74) is 7.81. The topological polar surface area (TPSA) is 88.7 Å². The molecule has 0 saturated heterocycles. The van der Waals surface area contributed by atoms with E-state index < -0.39 is 5.91 Å².